The number of benzene rings is 1. The molecule has 20 heavy (non-hydrogen) atoms. The number of methoxy groups -OCH3 is 1. The van der Waals surface area contributed by atoms with Gasteiger partial charge in [0, 0.05) is 12.2 Å². The lowest BCUT2D eigenvalue weighted by molar-refractivity contribution is -0.417. The number of hydrogen-bond acceptors (Lipinski definition) is 2. The van der Waals surface area contributed by atoms with Crippen molar-refractivity contribution in [2.75, 3.05) is 14.2 Å². The molecule has 0 unspecified atom stereocenters. The van der Waals surface area contributed by atoms with Gasteiger partial charge in [0.2, 0.25) is 0 Å². The molecule has 0 aromatic heterocycles. The number of carbonyl (C=O) groups excluding carboxylic acids is 1. The molecular formula is C16H15O4+. The fourth-order valence-electron chi connectivity index (χ4n) is 1.93. The SMILES string of the molecule is COc1ccc(C(C(=O)O)=C2C=CC(=[O+]C)C=C2)cc1. The molecule has 0 bridgehead atoms. The zero-order valence-electron chi connectivity index (χ0n) is 11.3. The summed E-state index contributed by atoms with van der Waals surface area (Å²) in [4.78, 5) is 11.5. The fraction of sp³-hybridized carbons (Fsp3) is 0.125. The molecule has 0 fully saturated rings. The van der Waals surface area contributed by atoms with Crippen molar-refractivity contribution in [2.45, 2.75) is 0 Å². The van der Waals surface area contributed by atoms with Crippen molar-refractivity contribution in [1.29, 1.82) is 0 Å². The Hall–Kier alpha value is -2.62. The van der Waals surface area contributed by atoms with Gasteiger partial charge in [0.1, 0.15) is 5.75 Å². The molecule has 1 aromatic carbocycles. The van der Waals surface area contributed by atoms with Gasteiger partial charge in [-0.3, -0.25) is 4.42 Å². The normalized spacial score (nSPS) is 13.3. The maximum atomic E-state index is 11.5. The van der Waals surface area contributed by atoms with Gasteiger partial charge in [0.25, 0.3) is 7.11 Å². The van der Waals surface area contributed by atoms with Crippen LogP contribution < -0.4 is 4.74 Å². The van der Waals surface area contributed by atoms with E-state index in [4.69, 9.17) is 9.16 Å². The lowest BCUT2D eigenvalue weighted by atomic mass is 9.96. The van der Waals surface area contributed by atoms with Crippen LogP contribution in [0.25, 0.3) is 5.57 Å². The molecule has 0 aliphatic heterocycles. The standard InChI is InChI=1S/C16H14O4/c1-19-13-7-3-11(4-8-13)15(16(17)18)12-5-9-14(20-2)10-6-12/h3-10H,1-2H3/p+1. The Bertz CT molecular complexity index is 613. The molecule has 0 spiro atoms. The van der Waals surface area contributed by atoms with Crippen LogP contribution >= 0.6 is 0 Å². The first-order valence-electron chi connectivity index (χ1n) is 6.05. The van der Waals surface area contributed by atoms with Crippen molar-refractivity contribution in [1.82, 2.24) is 0 Å². The lowest BCUT2D eigenvalue weighted by Crippen LogP contribution is -2.05. The third-order valence-electron chi connectivity index (χ3n) is 2.97. The van der Waals surface area contributed by atoms with Gasteiger partial charge in [0.05, 0.1) is 12.7 Å². The highest BCUT2D eigenvalue weighted by Gasteiger charge is 2.17. The Balaban J connectivity index is 2.47. The van der Waals surface area contributed by atoms with E-state index in [1.807, 2.05) is 0 Å². The molecule has 0 heterocycles. The van der Waals surface area contributed by atoms with Crippen molar-refractivity contribution in [2.24, 2.45) is 0 Å². The first-order chi connectivity index (χ1) is 9.65. The molecular weight excluding hydrogens is 256 g/mol. The number of rotatable bonds is 3. The van der Waals surface area contributed by atoms with Crippen molar-refractivity contribution in [3.8, 4) is 5.75 Å². The molecule has 1 aliphatic rings. The molecule has 4 heteroatoms. The van der Waals surface area contributed by atoms with Gasteiger partial charge in [-0.25, -0.2) is 4.79 Å². The van der Waals surface area contributed by atoms with Gasteiger partial charge in [-0.2, -0.15) is 0 Å². The van der Waals surface area contributed by atoms with Crippen molar-refractivity contribution < 1.29 is 19.1 Å². The maximum Gasteiger partial charge on any atom is 0.343 e. The summed E-state index contributed by atoms with van der Waals surface area (Å²) in [7, 11) is 3.14. The largest absolute Gasteiger partial charge is 0.497 e. The highest BCUT2D eigenvalue weighted by Crippen LogP contribution is 2.24. The van der Waals surface area contributed by atoms with E-state index in [0.717, 1.165) is 0 Å². The second-order valence-corrected chi connectivity index (χ2v) is 4.14. The second-order valence-electron chi connectivity index (χ2n) is 4.14. The Morgan fingerprint density at radius 3 is 2.15 bits per heavy atom. The van der Waals surface area contributed by atoms with Gasteiger partial charge in [0.15, 0.2) is 0 Å². The van der Waals surface area contributed by atoms with E-state index >= 15 is 0 Å². The van der Waals surface area contributed by atoms with E-state index < -0.39 is 5.97 Å². The molecule has 0 amide bonds. The van der Waals surface area contributed by atoms with E-state index in [1.54, 1.807) is 62.8 Å². The summed E-state index contributed by atoms with van der Waals surface area (Å²) in [6, 6.07) is 6.93. The van der Waals surface area contributed by atoms with Gasteiger partial charge in [-0.1, -0.05) is 12.1 Å². The van der Waals surface area contributed by atoms with E-state index in [9.17, 15) is 9.90 Å². The lowest BCUT2D eigenvalue weighted by Gasteiger charge is -2.08. The van der Waals surface area contributed by atoms with Crippen LogP contribution in [0.2, 0.25) is 0 Å². The fourth-order valence-corrected chi connectivity index (χ4v) is 1.93. The summed E-state index contributed by atoms with van der Waals surface area (Å²) in [6.45, 7) is 0. The second kappa shape index (κ2) is 6.02. The van der Waals surface area contributed by atoms with Crippen LogP contribution in [-0.2, 0) is 9.22 Å². The molecule has 0 saturated heterocycles. The average molecular weight is 271 g/mol. The summed E-state index contributed by atoms with van der Waals surface area (Å²) in [5.74, 6) is 0.404. The van der Waals surface area contributed by atoms with Gasteiger partial charge in [-0.05, 0) is 35.4 Å². The Kier molecular flexibility index (Phi) is 4.15. The van der Waals surface area contributed by atoms with Crippen LogP contribution in [-0.4, -0.2) is 31.1 Å². The van der Waals surface area contributed by atoms with E-state index in [-0.39, 0.29) is 5.57 Å². The number of carbonyl (C=O) groups is 1. The van der Waals surface area contributed by atoms with Gasteiger partial charge in [-0.15, -0.1) is 0 Å². The highest BCUT2D eigenvalue weighted by atomic mass is 16.5. The molecule has 0 saturated carbocycles. The summed E-state index contributed by atoms with van der Waals surface area (Å²) < 4.78 is 10.1. The van der Waals surface area contributed by atoms with Crippen LogP contribution in [0.5, 0.6) is 5.75 Å². The predicted octanol–water partition coefficient (Wildman–Crippen LogP) is 2.39. The van der Waals surface area contributed by atoms with Crippen LogP contribution in [0.15, 0.2) is 54.1 Å². The van der Waals surface area contributed by atoms with Crippen LogP contribution in [0.3, 0.4) is 0 Å². The van der Waals surface area contributed by atoms with Crippen molar-refractivity contribution in [3.63, 3.8) is 0 Å². The minimum Gasteiger partial charge on any atom is -0.497 e. The quantitative estimate of drug-likeness (QED) is 0.678. The summed E-state index contributed by atoms with van der Waals surface area (Å²) in [6.07, 6.45) is 6.93. The molecule has 1 N–H and O–H groups in total. The third-order valence-corrected chi connectivity index (χ3v) is 2.97. The Labute approximate surface area is 117 Å². The molecule has 2 rings (SSSR count). The first-order valence-corrected chi connectivity index (χ1v) is 6.05. The van der Waals surface area contributed by atoms with Crippen LogP contribution in [0, 0.1) is 0 Å². The van der Waals surface area contributed by atoms with Crippen molar-refractivity contribution >= 4 is 17.3 Å². The molecule has 4 nitrogen and oxygen atoms in total. The third kappa shape index (κ3) is 2.85. The maximum absolute atomic E-state index is 11.5. The molecule has 0 atom stereocenters. The zero-order chi connectivity index (χ0) is 14.5. The molecule has 0 radical (unpaired) electrons. The number of allylic oxidation sites excluding steroid dienone is 5. The summed E-state index contributed by atoms with van der Waals surface area (Å²) in [5.41, 5.74) is 1.50. The number of carboxylic acid groups (broad SMARTS) is 1. The molecule has 1 aromatic rings. The Morgan fingerprint density at radius 2 is 1.70 bits per heavy atom. The number of hydrogen-bond donors (Lipinski definition) is 1. The smallest absolute Gasteiger partial charge is 0.343 e. The monoisotopic (exact) mass is 271 g/mol. The topological polar surface area (TPSA) is 57.8 Å². The first kappa shape index (κ1) is 13.8. The number of ether oxygens (including phenoxy) is 1. The minimum absolute atomic E-state index is 0.246. The number of ketones is 1. The predicted molar refractivity (Wildman–Crippen MR) is 76.8 cm³/mol. The molecule has 1 aliphatic carbocycles. The van der Waals surface area contributed by atoms with Gasteiger partial charge >= 0.3 is 11.8 Å². The van der Waals surface area contributed by atoms with Crippen LogP contribution in [0.4, 0.5) is 0 Å². The van der Waals surface area contributed by atoms with Gasteiger partial charge < -0.3 is 9.84 Å². The minimum atomic E-state index is -0.972. The molecule has 102 valence electrons. The summed E-state index contributed by atoms with van der Waals surface area (Å²) in [5, 5.41) is 9.43. The van der Waals surface area contributed by atoms with Crippen molar-refractivity contribution in [3.05, 3.63) is 59.7 Å². The number of aliphatic carboxylic acids is 1. The van der Waals surface area contributed by atoms with Crippen LogP contribution in [0.1, 0.15) is 5.56 Å². The summed E-state index contributed by atoms with van der Waals surface area (Å²) >= 11 is 0. The Morgan fingerprint density at radius 1 is 1.10 bits per heavy atom. The number of carboxylic acids is 1. The zero-order valence-corrected chi connectivity index (χ0v) is 11.3. The average Bonchev–Trinajstić information content (AvgIpc) is 2.48. The van der Waals surface area contributed by atoms with E-state index in [1.165, 1.54) is 0 Å². The van der Waals surface area contributed by atoms with E-state index in [2.05, 4.69) is 0 Å². The van der Waals surface area contributed by atoms with E-state index in [0.29, 0.717) is 22.7 Å². The highest BCUT2D eigenvalue weighted by molar-refractivity contribution is 6.18.